The highest BCUT2D eigenvalue weighted by molar-refractivity contribution is 5.77. The molecule has 1 aromatic rings. The van der Waals surface area contributed by atoms with Gasteiger partial charge in [-0.15, -0.1) is 0 Å². The van der Waals surface area contributed by atoms with Gasteiger partial charge < -0.3 is 0 Å². The van der Waals surface area contributed by atoms with Crippen LogP contribution in [-0.4, -0.2) is 33.5 Å². The lowest BCUT2D eigenvalue weighted by atomic mass is 9.80. The van der Waals surface area contributed by atoms with Crippen LogP contribution in [0.3, 0.4) is 0 Å². The maximum Gasteiger partial charge on any atom is 0.246 e. The smallest absolute Gasteiger partial charge is 0.246 e. The number of benzene rings is 1. The molecule has 0 aromatic heterocycles. The third-order valence-corrected chi connectivity index (χ3v) is 5.18. The maximum atomic E-state index is 12.5. The summed E-state index contributed by atoms with van der Waals surface area (Å²) in [5, 5.41) is 33.4. The van der Waals surface area contributed by atoms with Gasteiger partial charge in [-0.1, -0.05) is 18.2 Å². The fraction of sp³-hybridized carbons (Fsp3) is 0.526. The van der Waals surface area contributed by atoms with Crippen molar-refractivity contribution in [1.29, 1.82) is 10.5 Å². The van der Waals surface area contributed by atoms with Crippen LogP contribution in [0.4, 0.5) is 5.69 Å². The van der Waals surface area contributed by atoms with Crippen LogP contribution in [0.15, 0.2) is 30.3 Å². The van der Waals surface area contributed by atoms with Crippen LogP contribution >= 0.6 is 0 Å². The number of para-hydroxylation sites is 1. The molecule has 8 heteroatoms. The molecule has 1 aromatic carbocycles. The van der Waals surface area contributed by atoms with Gasteiger partial charge in [0.15, 0.2) is 0 Å². The van der Waals surface area contributed by atoms with Crippen molar-refractivity contribution in [3.05, 3.63) is 40.4 Å². The molecular weight excluding hydrogens is 346 g/mol. The van der Waals surface area contributed by atoms with E-state index in [-0.39, 0.29) is 42.6 Å². The molecule has 1 amide bonds. The Labute approximate surface area is 158 Å². The molecule has 2 atom stereocenters. The Hall–Kier alpha value is -3.13. The molecule has 8 nitrogen and oxygen atoms in total. The van der Waals surface area contributed by atoms with Gasteiger partial charge in [-0.3, -0.25) is 19.9 Å². The van der Waals surface area contributed by atoms with E-state index in [1.165, 1.54) is 11.9 Å². The van der Waals surface area contributed by atoms with Crippen LogP contribution in [0, 0.1) is 32.8 Å². The summed E-state index contributed by atoms with van der Waals surface area (Å²) in [6.07, 6.45) is 0.388. The number of hydrogen-bond donors (Lipinski definition) is 0. The van der Waals surface area contributed by atoms with Crippen molar-refractivity contribution in [2.24, 2.45) is 0 Å². The Balaban J connectivity index is 2.53. The molecule has 1 saturated heterocycles. The van der Waals surface area contributed by atoms with Gasteiger partial charge in [0, 0.05) is 37.5 Å². The van der Waals surface area contributed by atoms with Gasteiger partial charge in [0.1, 0.15) is 6.04 Å². The first-order chi connectivity index (χ1) is 12.9. The zero-order valence-corrected chi connectivity index (χ0v) is 15.5. The quantitative estimate of drug-likeness (QED) is 0.539. The van der Waals surface area contributed by atoms with Gasteiger partial charge in [-0.05, 0) is 25.5 Å². The molecular formula is C19H23N5O3. The standard InChI is InChI=1S/C19H23N5O3/c1-15-14-18(19(24(26)27,10-6-12-20)11-7-13-21)23(16(2)25)22(15)17-8-4-3-5-9-17/h3-5,8-9,15,18H,6-7,10-11,14H2,1-2H3. The second-order valence-corrected chi connectivity index (χ2v) is 6.82. The summed E-state index contributed by atoms with van der Waals surface area (Å²) >= 11 is 0. The average molecular weight is 369 g/mol. The van der Waals surface area contributed by atoms with E-state index in [9.17, 15) is 14.9 Å². The third kappa shape index (κ3) is 3.85. The number of amides is 1. The van der Waals surface area contributed by atoms with Crippen molar-refractivity contribution >= 4 is 11.6 Å². The minimum absolute atomic E-state index is 0.00196. The van der Waals surface area contributed by atoms with Gasteiger partial charge in [-0.25, -0.2) is 5.01 Å². The first-order valence-corrected chi connectivity index (χ1v) is 8.91. The topological polar surface area (TPSA) is 114 Å². The molecule has 1 heterocycles. The lowest BCUT2D eigenvalue weighted by molar-refractivity contribution is -0.580. The summed E-state index contributed by atoms with van der Waals surface area (Å²) in [7, 11) is 0. The predicted octanol–water partition coefficient (Wildman–Crippen LogP) is 3.04. The number of carbonyl (C=O) groups excluding carboxylic acids is 1. The molecule has 1 fully saturated rings. The maximum absolute atomic E-state index is 12.5. The summed E-state index contributed by atoms with van der Waals surface area (Å²) in [6, 6.07) is 12.4. The largest absolute Gasteiger partial charge is 0.280 e. The van der Waals surface area contributed by atoms with E-state index < -0.39 is 11.6 Å². The van der Waals surface area contributed by atoms with Gasteiger partial charge in [0.2, 0.25) is 11.4 Å². The number of carbonyl (C=O) groups is 1. The van der Waals surface area contributed by atoms with E-state index in [4.69, 9.17) is 10.5 Å². The van der Waals surface area contributed by atoms with E-state index in [1.807, 2.05) is 49.4 Å². The fourth-order valence-corrected chi connectivity index (χ4v) is 3.97. The molecule has 2 rings (SSSR count). The highest BCUT2D eigenvalue weighted by Gasteiger charge is 2.58. The minimum Gasteiger partial charge on any atom is -0.280 e. The van der Waals surface area contributed by atoms with E-state index in [1.54, 1.807) is 5.01 Å². The van der Waals surface area contributed by atoms with Crippen LogP contribution in [0.2, 0.25) is 0 Å². The Kier molecular flexibility index (Phi) is 6.36. The fourth-order valence-electron chi connectivity index (χ4n) is 3.97. The number of anilines is 1. The van der Waals surface area contributed by atoms with Gasteiger partial charge >= 0.3 is 0 Å². The summed E-state index contributed by atoms with van der Waals surface area (Å²) in [5.74, 6) is -0.298. The molecule has 0 saturated carbocycles. The van der Waals surface area contributed by atoms with E-state index in [0.717, 1.165) is 5.69 Å². The van der Waals surface area contributed by atoms with Crippen molar-refractivity contribution < 1.29 is 9.72 Å². The molecule has 0 bridgehead atoms. The van der Waals surface area contributed by atoms with Crippen molar-refractivity contribution in [3.8, 4) is 12.1 Å². The molecule has 2 unspecified atom stereocenters. The molecule has 142 valence electrons. The first kappa shape index (κ1) is 20.2. The molecule has 1 aliphatic rings. The van der Waals surface area contributed by atoms with Crippen LogP contribution in [-0.2, 0) is 4.79 Å². The van der Waals surface area contributed by atoms with E-state index in [0.29, 0.717) is 6.42 Å². The Morgan fingerprint density at radius 3 is 2.26 bits per heavy atom. The molecule has 0 aliphatic carbocycles. The molecule has 0 N–H and O–H groups in total. The summed E-state index contributed by atoms with van der Waals surface area (Å²) in [5.41, 5.74) is -0.755. The lowest BCUT2D eigenvalue weighted by Crippen LogP contribution is -2.59. The molecule has 0 radical (unpaired) electrons. The van der Waals surface area contributed by atoms with Gasteiger partial charge in [-0.2, -0.15) is 10.5 Å². The van der Waals surface area contributed by atoms with Crippen molar-refractivity contribution in [2.75, 3.05) is 5.01 Å². The van der Waals surface area contributed by atoms with Gasteiger partial charge in [0.05, 0.1) is 23.9 Å². The van der Waals surface area contributed by atoms with Crippen molar-refractivity contribution in [2.45, 2.75) is 63.6 Å². The highest BCUT2D eigenvalue weighted by Crippen LogP contribution is 2.41. The monoisotopic (exact) mass is 369 g/mol. The average Bonchev–Trinajstić information content (AvgIpc) is 3.00. The number of nitriles is 2. The number of hydrogen-bond acceptors (Lipinski definition) is 6. The van der Waals surface area contributed by atoms with Crippen LogP contribution < -0.4 is 5.01 Å². The second-order valence-electron chi connectivity index (χ2n) is 6.82. The van der Waals surface area contributed by atoms with Gasteiger partial charge in [0.25, 0.3) is 0 Å². The van der Waals surface area contributed by atoms with Crippen LogP contribution in [0.25, 0.3) is 0 Å². The van der Waals surface area contributed by atoms with E-state index >= 15 is 0 Å². The lowest BCUT2D eigenvalue weighted by Gasteiger charge is -2.39. The molecule has 27 heavy (non-hydrogen) atoms. The summed E-state index contributed by atoms with van der Waals surface area (Å²) in [6.45, 7) is 3.31. The Bertz CT molecular complexity index is 750. The van der Waals surface area contributed by atoms with Crippen molar-refractivity contribution in [1.82, 2.24) is 5.01 Å². The Morgan fingerprint density at radius 1 is 1.26 bits per heavy atom. The Morgan fingerprint density at radius 2 is 1.81 bits per heavy atom. The summed E-state index contributed by atoms with van der Waals surface area (Å²) in [4.78, 5) is 24.3. The summed E-state index contributed by atoms with van der Waals surface area (Å²) < 4.78 is 0. The second kappa shape index (κ2) is 8.50. The number of hydrazine groups is 1. The number of nitrogens with zero attached hydrogens (tertiary/aromatic N) is 5. The predicted molar refractivity (Wildman–Crippen MR) is 98.7 cm³/mol. The first-order valence-electron chi connectivity index (χ1n) is 8.91. The third-order valence-electron chi connectivity index (χ3n) is 5.18. The van der Waals surface area contributed by atoms with Crippen LogP contribution in [0.5, 0.6) is 0 Å². The highest BCUT2D eigenvalue weighted by atomic mass is 16.6. The zero-order chi connectivity index (χ0) is 20.0. The molecule has 1 aliphatic heterocycles. The molecule has 0 spiro atoms. The normalized spacial score (nSPS) is 19.4. The SMILES string of the molecule is CC(=O)N1C(C(CCC#N)(CCC#N)[N+](=O)[O-])CC(C)N1c1ccccc1. The number of nitro groups is 1. The zero-order valence-electron chi connectivity index (χ0n) is 15.5. The van der Waals surface area contributed by atoms with Crippen LogP contribution in [0.1, 0.15) is 46.0 Å². The van der Waals surface area contributed by atoms with Crippen molar-refractivity contribution in [3.63, 3.8) is 0 Å². The van der Waals surface area contributed by atoms with E-state index in [2.05, 4.69) is 0 Å². The number of rotatable bonds is 7. The minimum atomic E-state index is -1.53.